The lowest BCUT2D eigenvalue weighted by molar-refractivity contribution is 0.414. The summed E-state index contributed by atoms with van der Waals surface area (Å²) in [5.41, 5.74) is 8.03. The van der Waals surface area contributed by atoms with Crippen molar-refractivity contribution in [2.75, 3.05) is 18.6 Å². The maximum atomic E-state index is 5.94. The van der Waals surface area contributed by atoms with Crippen molar-refractivity contribution in [1.29, 1.82) is 0 Å². The number of rotatable bonds is 5. The van der Waals surface area contributed by atoms with Crippen LogP contribution in [0.5, 0.6) is 5.75 Å². The first kappa shape index (κ1) is 12.8. The van der Waals surface area contributed by atoms with Crippen LogP contribution in [0.3, 0.4) is 0 Å². The molecule has 0 aliphatic carbocycles. The first-order valence-electron chi connectivity index (χ1n) is 5.75. The molecule has 0 spiro atoms. The van der Waals surface area contributed by atoms with Gasteiger partial charge in [0.05, 0.1) is 7.11 Å². The van der Waals surface area contributed by atoms with Crippen LogP contribution in [0.15, 0.2) is 47.6 Å². The quantitative estimate of drug-likeness (QED) is 0.663. The van der Waals surface area contributed by atoms with E-state index in [1.54, 1.807) is 18.9 Å². The fourth-order valence-electron chi connectivity index (χ4n) is 1.59. The number of nitrogens with zero attached hydrogens (tertiary/aromatic N) is 1. The molecular weight excluding hydrogens is 244 g/mol. The Morgan fingerprint density at radius 2 is 2.00 bits per heavy atom. The zero-order chi connectivity index (χ0) is 12.8. The monoisotopic (exact) mass is 260 g/mol. The number of aromatic nitrogens is 1. The number of anilines is 1. The normalized spacial score (nSPS) is 10.3. The summed E-state index contributed by atoms with van der Waals surface area (Å²) in [5.74, 6) is 1.83. The SMILES string of the molecule is COc1ccc(N)c(SCCc2ccncc2)c1. The fraction of sp³-hybridized carbons (Fsp3) is 0.214. The number of nitrogens with two attached hydrogens (primary N) is 1. The maximum Gasteiger partial charge on any atom is 0.120 e. The number of hydrogen-bond acceptors (Lipinski definition) is 4. The number of pyridine rings is 1. The maximum absolute atomic E-state index is 5.94. The summed E-state index contributed by atoms with van der Waals surface area (Å²) in [4.78, 5) is 5.08. The molecule has 94 valence electrons. The molecule has 1 heterocycles. The number of thioether (sulfide) groups is 1. The summed E-state index contributed by atoms with van der Waals surface area (Å²) in [5, 5.41) is 0. The van der Waals surface area contributed by atoms with E-state index in [0.29, 0.717) is 0 Å². The van der Waals surface area contributed by atoms with Crippen LogP contribution < -0.4 is 10.5 Å². The Kier molecular flexibility index (Phi) is 4.47. The molecule has 3 nitrogen and oxygen atoms in total. The van der Waals surface area contributed by atoms with Crippen LogP contribution >= 0.6 is 11.8 Å². The van der Waals surface area contributed by atoms with Crippen LogP contribution in [0.25, 0.3) is 0 Å². The Morgan fingerprint density at radius 3 is 2.72 bits per heavy atom. The molecule has 0 unspecified atom stereocenters. The average Bonchev–Trinajstić information content (AvgIpc) is 2.42. The van der Waals surface area contributed by atoms with Crippen LogP contribution in [0.2, 0.25) is 0 Å². The lowest BCUT2D eigenvalue weighted by Gasteiger charge is -2.07. The Bertz CT molecular complexity index is 502. The number of nitrogen functional groups attached to an aromatic ring is 1. The highest BCUT2D eigenvalue weighted by Gasteiger charge is 2.02. The molecule has 2 aromatic rings. The molecule has 0 bridgehead atoms. The van der Waals surface area contributed by atoms with Crippen molar-refractivity contribution in [3.63, 3.8) is 0 Å². The predicted octanol–water partition coefficient (Wildman–Crippen LogP) is 3.01. The highest BCUT2D eigenvalue weighted by Crippen LogP contribution is 2.29. The molecule has 2 N–H and O–H groups in total. The van der Waals surface area contributed by atoms with Gasteiger partial charge in [0.15, 0.2) is 0 Å². The van der Waals surface area contributed by atoms with E-state index in [4.69, 9.17) is 10.5 Å². The van der Waals surface area contributed by atoms with Gasteiger partial charge in [-0.25, -0.2) is 0 Å². The van der Waals surface area contributed by atoms with Crippen LogP contribution in [0.4, 0.5) is 5.69 Å². The molecular formula is C14H16N2OS. The topological polar surface area (TPSA) is 48.1 Å². The second-order valence-corrected chi connectivity index (χ2v) is 4.99. The third kappa shape index (κ3) is 3.40. The van der Waals surface area contributed by atoms with Crippen LogP contribution in [-0.4, -0.2) is 17.8 Å². The molecule has 1 aromatic carbocycles. The zero-order valence-electron chi connectivity index (χ0n) is 10.3. The Hall–Kier alpha value is -1.68. The van der Waals surface area contributed by atoms with Gasteiger partial charge < -0.3 is 10.5 Å². The number of hydrogen-bond donors (Lipinski definition) is 1. The highest BCUT2D eigenvalue weighted by atomic mass is 32.2. The van der Waals surface area contributed by atoms with Gasteiger partial charge >= 0.3 is 0 Å². The molecule has 18 heavy (non-hydrogen) atoms. The van der Waals surface area contributed by atoms with Gasteiger partial charge in [-0.1, -0.05) is 0 Å². The van der Waals surface area contributed by atoms with Crippen LogP contribution in [0.1, 0.15) is 5.56 Å². The second-order valence-electron chi connectivity index (χ2n) is 3.86. The summed E-state index contributed by atoms with van der Waals surface area (Å²) in [6.07, 6.45) is 4.64. The number of benzene rings is 1. The van der Waals surface area contributed by atoms with Crippen LogP contribution in [0, 0.1) is 0 Å². The minimum Gasteiger partial charge on any atom is -0.497 e. The van der Waals surface area contributed by atoms with Gasteiger partial charge in [0.1, 0.15) is 5.75 Å². The van der Waals surface area contributed by atoms with Gasteiger partial charge in [0, 0.05) is 28.7 Å². The average molecular weight is 260 g/mol. The van der Waals surface area contributed by atoms with Crippen molar-refractivity contribution in [2.45, 2.75) is 11.3 Å². The predicted molar refractivity (Wildman–Crippen MR) is 76.1 cm³/mol. The molecule has 0 fully saturated rings. The van der Waals surface area contributed by atoms with Gasteiger partial charge in [-0.15, -0.1) is 11.8 Å². The lowest BCUT2D eigenvalue weighted by atomic mass is 10.2. The van der Waals surface area contributed by atoms with E-state index in [9.17, 15) is 0 Å². The third-order valence-electron chi connectivity index (χ3n) is 2.62. The summed E-state index contributed by atoms with van der Waals surface area (Å²) < 4.78 is 5.20. The zero-order valence-corrected chi connectivity index (χ0v) is 11.1. The fourth-order valence-corrected chi connectivity index (χ4v) is 2.59. The molecule has 0 aliphatic rings. The van der Waals surface area contributed by atoms with Crippen molar-refractivity contribution < 1.29 is 4.74 Å². The van der Waals surface area contributed by atoms with Crippen molar-refractivity contribution in [3.05, 3.63) is 48.3 Å². The molecule has 0 radical (unpaired) electrons. The molecule has 4 heteroatoms. The molecule has 0 aliphatic heterocycles. The van der Waals surface area contributed by atoms with Crippen molar-refractivity contribution in [2.24, 2.45) is 0 Å². The third-order valence-corrected chi connectivity index (χ3v) is 3.69. The summed E-state index contributed by atoms with van der Waals surface area (Å²) in [6.45, 7) is 0. The van der Waals surface area contributed by atoms with Crippen molar-refractivity contribution >= 4 is 17.4 Å². The lowest BCUT2D eigenvalue weighted by Crippen LogP contribution is -1.93. The number of aryl methyl sites for hydroxylation is 1. The van der Waals surface area contributed by atoms with E-state index in [1.165, 1.54) is 5.56 Å². The highest BCUT2D eigenvalue weighted by molar-refractivity contribution is 7.99. The summed E-state index contributed by atoms with van der Waals surface area (Å²) in [6, 6.07) is 9.81. The summed E-state index contributed by atoms with van der Waals surface area (Å²) in [7, 11) is 1.66. The minimum atomic E-state index is 0.801. The summed E-state index contributed by atoms with van der Waals surface area (Å²) >= 11 is 1.75. The first-order chi connectivity index (χ1) is 8.79. The van der Waals surface area contributed by atoms with E-state index in [1.807, 2.05) is 42.7 Å². The van der Waals surface area contributed by atoms with E-state index in [-0.39, 0.29) is 0 Å². The molecule has 1 aromatic heterocycles. The standard InChI is InChI=1S/C14H16N2OS/c1-17-12-2-3-13(15)14(10-12)18-9-6-11-4-7-16-8-5-11/h2-5,7-8,10H,6,9,15H2,1H3. The Morgan fingerprint density at radius 1 is 1.22 bits per heavy atom. The van der Waals surface area contributed by atoms with E-state index in [2.05, 4.69) is 4.98 Å². The Balaban J connectivity index is 1.94. The minimum absolute atomic E-state index is 0.801. The molecule has 0 amide bonds. The van der Waals surface area contributed by atoms with Gasteiger partial charge in [0.25, 0.3) is 0 Å². The Labute approximate surface area is 111 Å². The van der Waals surface area contributed by atoms with Gasteiger partial charge in [-0.05, 0) is 42.3 Å². The number of ether oxygens (including phenoxy) is 1. The molecule has 0 atom stereocenters. The van der Waals surface area contributed by atoms with E-state index in [0.717, 1.165) is 28.5 Å². The first-order valence-corrected chi connectivity index (χ1v) is 6.73. The van der Waals surface area contributed by atoms with E-state index >= 15 is 0 Å². The second kappa shape index (κ2) is 6.31. The van der Waals surface area contributed by atoms with Crippen molar-refractivity contribution in [1.82, 2.24) is 4.98 Å². The largest absolute Gasteiger partial charge is 0.497 e. The molecule has 2 rings (SSSR count). The van der Waals surface area contributed by atoms with Gasteiger partial charge in [-0.2, -0.15) is 0 Å². The molecule has 0 saturated heterocycles. The molecule has 0 saturated carbocycles. The van der Waals surface area contributed by atoms with E-state index < -0.39 is 0 Å². The van der Waals surface area contributed by atoms with Crippen molar-refractivity contribution in [3.8, 4) is 5.75 Å². The van der Waals surface area contributed by atoms with Gasteiger partial charge in [-0.3, -0.25) is 4.98 Å². The van der Waals surface area contributed by atoms with Crippen LogP contribution in [-0.2, 0) is 6.42 Å². The smallest absolute Gasteiger partial charge is 0.120 e. The van der Waals surface area contributed by atoms with Gasteiger partial charge in [0.2, 0.25) is 0 Å². The number of methoxy groups -OCH3 is 1.